The Bertz CT molecular complexity index is 304. The molecule has 0 radical (unpaired) electrons. The van der Waals surface area contributed by atoms with Crippen LogP contribution in [0.3, 0.4) is 0 Å². The quantitative estimate of drug-likeness (QED) is 0.778. The van der Waals surface area contributed by atoms with Gasteiger partial charge in [-0.1, -0.05) is 6.92 Å². The van der Waals surface area contributed by atoms with Crippen LogP contribution >= 0.6 is 0 Å². The molecule has 3 nitrogen and oxygen atoms in total. The van der Waals surface area contributed by atoms with Gasteiger partial charge in [0.25, 0.3) is 0 Å². The average molecular weight is 250 g/mol. The summed E-state index contributed by atoms with van der Waals surface area (Å²) in [5.41, 5.74) is -2.22. The zero-order chi connectivity index (χ0) is 12.7. The number of amides is 1. The largest absolute Gasteiger partial charge is 0.404 e. The van der Waals surface area contributed by atoms with Crippen LogP contribution in [0.5, 0.6) is 0 Å². The zero-order valence-electron chi connectivity index (χ0n) is 9.73. The number of nitrogens with one attached hydrogen (secondary N) is 2. The molecule has 2 rings (SSSR count). The normalized spacial score (nSPS) is 37.6. The number of alkyl halides is 3. The molecule has 2 fully saturated rings. The van der Waals surface area contributed by atoms with Gasteiger partial charge >= 0.3 is 6.18 Å². The molecule has 2 N–H and O–H groups in total. The highest BCUT2D eigenvalue weighted by atomic mass is 19.4. The first-order valence-electron chi connectivity index (χ1n) is 5.93. The highest BCUT2D eigenvalue weighted by Crippen LogP contribution is 2.43. The summed E-state index contributed by atoms with van der Waals surface area (Å²) in [6, 6.07) is -0.0719. The predicted molar refractivity (Wildman–Crippen MR) is 56.3 cm³/mol. The molecule has 0 spiro atoms. The highest BCUT2D eigenvalue weighted by Gasteiger charge is 2.61. The Morgan fingerprint density at radius 2 is 2.06 bits per heavy atom. The molecule has 1 heterocycles. The van der Waals surface area contributed by atoms with E-state index in [2.05, 4.69) is 10.6 Å². The van der Waals surface area contributed by atoms with Gasteiger partial charge in [0.05, 0.1) is 0 Å². The lowest BCUT2D eigenvalue weighted by Gasteiger charge is -2.37. The van der Waals surface area contributed by atoms with Gasteiger partial charge in [-0.05, 0) is 31.7 Å². The minimum absolute atomic E-state index is 0.0719. The summed E-state index contributed by atoms with van der Waals surface area (Å²) in [6.07, 6.45) is -3.07. The van der Waals surface area contributed by atoms with E-state index in [0.717, 1.165) is 12.8 Å². The van der Waals surface area contributed by atoms with Crippen LogP contribution in [0.4, 0.5) is 13.2 Å². The van der Waals surface area contributed by atoms with E-state index >= 15 is 0 Å². The van der Waals surface area contributed by atoms with Crippen molar-refractivity contribution in [2.24, 2.45) is 11.3 Å². The molecule has 0 bridgehead atoms. The predicted octanol–water partition coefficient (Wildman–Crippen LogP) is 1.44. The van der Waals surface area contributed by atoms with Crippen LogP contribution in [0.1, 0.15) is 26.2 Å². The highest BCUT2D eigenvalue weighted by molar-refractivity contribution is 5.84. The third-order valence-corrected chi connectivity index (χ3v) is 3.84. The summed E-state index contributed by atoms with van der Waals surface area (Å²) < 4.78 is 39.0. The molecule has 1 atom stereocenters. The van der Waals surface area contributed by atoms with Gasteiger partial charge in [0.15, 0.2) is 5.41 Å². The van der Waals surface area contributed by atoms with E-state index in [4.69, 9.17) is 0 Å². The van der Waals surface area contributed by atoms with Gasteiger partial charge < -0.3 is 10.6 Å². The van der Waals surface area contributed by atoms with E-state index in [9.17, 15) is 18.0 Å². The molecule has 0 aromatic rings. The standard InChI is InChI=1S/C11H17F3N2O/c1-7-4-8(5-7)16-9(17)10(11(12,13)14)2-3-15-6-10/h7-8,15H,2-6H2,1H3,(H,16,17). The molecule has 1 saturated heterocycles. The Balaban J connectivity index is 2.04. The van der Waals surface area contributed by atoms with Crippen molar-refractivity contribution in [1.29, 1.82) is 0 Å². The van der Waals surface area contributed by atoms with Crippen LogP contribution in [-0.2, 0) is 4.79 Å². The topological polar surface area (TPSA) is 41.1 Å². The van der Waals surface area contributed by atoms with E-state index in [1.54, 1.807) is 0 Å². The van der Waals surface area contributed by atoms with Crippen molar-refractivity contribution in [3.05, 3.63) is 0 Å². The van der Waals surface area contributed by atoms with Crippen molar-refractivity contribution in [3.8, 4) is 0 Å². The minimum Gasteiger partial charge on any atom is -0.353 e. The molecule has 1 aliphatic heterocycles. The number of halogens is 3. The van der Waals surface area contributed by atoms with Crippen molar-refractivity contribution in [2.45, 2.75) is 38.4 Å². The molecule has 1 unspecified atom stereocenters. The number of carbonyl (C=O) groups is 1. The molecule has 1 amide bonds. The van der Waals surface area contributed by atoms with E-state index in [1.165, 1.54) is 0 Å². The summed E-state index contributed by atoms with van der Waals surface area (Å²) in [4.78, 5) is 11.9. The van der Waals surface area contributed by atoms with Gasteiger partial charge in [-0.3, -0.25) is 4.79 Å². The van der Waals surface area contributed by atoms with Gasteiger partial charge in [0, 0.05) is 12.6 Å². The van der Waals surface area contributed by atoms with Crippen LogP contribution in [0.25, 0.3) is 0 Å². The first kappa shape index (κ1) is 12.7. The molecule has 1 saturated carbocycles. The maximum Gasteiger partial charge on any atom is 0.404 e. The molecule has 0 aromatic carbocycles. The second-order valence-electron chi connectivity index (χ2n) is 5.25. The lowest BCUT2D eigenvalue weighted by atomic mass is 9.79. The second kappa shape index (κ2) is 4.15. The number of hydrogen-bond donors (Lipinski definition) is 2. The molecular weight excluding hydrogens is 233 g/mol. The Kier molecular flexibility index (Phi) is 3.10. The van der Waals surface area contributed by atoms with E-state index < -0.39 is 17.5 Å². The van der Waals surface area contributed by atoms with Crippen molar-refractivity contribution < 1.29 is 18.0 Å². The van der Waals surface area contributed by atoms with Crippen LogP contribution in [-0.4, -0.2) is 31.2 Å². The fraction of sp³-hybridized carbons (Fsp3) is 0.909. The van der Waals surface area contributed by atoms with Gasteiger partial charge in [-0.25, -0.2) is 0 Å². The Labute approximate surface area is 98.1 Å². The van der Waals surface area contributed by atoms with Crippen molar-refractivity contribution in [3.63, 3.8) is 0 Å². The lowest BCUT2D eigenvalue weighted by molar-refractivity contribution is -0.216. The van der Waals surface area contributed by atoms with Crippen LogP contribution in [0, 0.1) is 11.3 Å². The summed E-state index contributed by atoms with van der Waals surface area (Å²) >= 11 is 0. The van der Waals surface area contributed by atoms with Crippen LogP contribution < -0.4 is 10.6 Å². The van der Waals surface area contributed by atoms with Crippen molar-refractivity contribution in [1.82, 2.24) is 10.6 Å². The monoisotopic (exact) mass is 250 g/mol. The number of hydrogen-bond acceptors (Lipinski definition) is 2. The SMILES string of the molecule is CC1CC(NC(=O)C2(C(F)(F)F)CCNC2)C1. The van der Waals surface area contributed by atoms with Crippen molar-refractivity contribution >= 4 is 5.91 Å². The molecule has 17 heavy (non-hydrogen) atoms. The Morgan fingerprint density at radius 3 is 2.47 bits per heavy atom. The zero-order valence-corrected chi connectivity index (χ0v) is 9.73. The van der Waals surface area contributed by atoms with Crippen molar-refractivity contribution in [2.75, 3.05) is 13.1 Å². The van der Waals surface area contributed by atoms with E-state index in [-0.39, 0.29) is 25.6 Å². The fourth-order valence-corrected chi connectivity index (χ4v) is 2.60. The smallest absolute Gasteiger partial charge is 0.353 e. The first-order valence-corrected chi connectivity index (χ1v) is 5.93. The fourth-order valence-electron chi connectivity index (χ4n) is 2.60. The van der Waals surface area contributed by atoms with Crippen LogP contribution in [0.15, 0.2) is 0 Å². The van der Waals surface area contributed by atoms with Gasteiger partial charge in [0.2, 0.25) is 5.91 Å². The van der Waals surface area contributed by atoms with Gasteiger partial charge in [-0.2, -0.15) is 13.2 Å². The van der Waals surface area contributed by atoms with E-state index in [0.29, 0.717) is 5.92 Å². The molecule has 6 heteroatoms. The first-order chi connectivity index (χ1) is 7.85. The maximum atomic E-state index is 13.0. The van der Waals surface area contributed by atoms with Gasteiger partial charge in [-0.15, -0.1) is 0 Å². The summed E-state index contributed by atoms with van der Waals surface area (Å²) in [6.45, 7) is 1.97. The molecular formula is C11H17F3N2O. The van der Waals surface area contributed by atoms with Crippen LogP contribution in [0.2, 0.25) is 0 Å². The third-order valence-electron chi connectivity index (χ3n) is 3.84. The Hall–Kier alpha value is -0.780. The second-order valence-corrected chi connectivity index (χ2v) is 5.25. The molecule has 1 aliphatic carbocycles. The molecule has 0 aromatic heterocycles. The number of carbonyl (C=O) groups excluding carboxylic acids is 1. The van der Waals surface area contributed by atoms with E-state index in [1.807, 2.05) is 6.92 Å². The summed E-state index contributed by atoms with van der Waals surface area (Å²) in [5, 5.41) is 5.17. The molecule has 98 valence electrons. The minimum atomic E-state index is -4.48. The lowest BCUT2D eigenvalue weighted by Crippen LogP contribution is -2.56. The molecule has 2 aliphatic rings. The third kappa shape index (κ3) is 2.14. The summed E-state index contributed by atoms with van der Waals surface area (Å²) in [7, 11) is 0. The number of rotatable bonds is 2. The van der Waals surface area contributed by atoms with Gasteiger partial charge in [0.1, 0.15) is 0 Å². The summed E-state index contributed by atoms with van der Waals surface area (Å²) in [5.74, 6) is -0.351. The average Bonchev–Trinajstić information content (AvgIpc) is 2.63. The Morgan fingerprint density at radius 1 is 1.41 bits per heavy atom. The maximum absolute atomic E-state index is 13.0.